The second kappa shape index (κ2) is 10.7. The predicted molar refractivity (Wildman–Crippen MR) is 115 cm³/mol. The molecule has 1 unspecified atom stereocenters. The van der Waals surface area contributed by atoms with Crippen LogP contribution < -0.4 is 5.32 Å². The van der Waals surface area contributed by atoms with E-state index in [1.165, 1.54) is 11.8 Å². The number of piperazine rings is 1. The Morgan fingerprint density at radius 3 is 2.13 bits per heavy atom. The number of nitrogens with one attached hydrogen (secondary N) is 1. The minimum atomic E-state index is -4.20. The van der Waals surface area contributed by atoms with Gasteiger partial charge in [0, 0.05) is 52.4 Å². The van der Waals surface area contributed by atoms with E-state index >= 15 is 0 Å². The number of likely N-dealkylation sites (tertiary alicyclic amines) is 1. The van der Waals surface area contributed by atoms with E-state index in [2.05, 4.69) is 5.32 Å². The zero-order chi connectivity index (χ0) is 23.2. The van der Waals surface area contributed by atoms with Gasteiger partial charge < -0.3 is 19.9 Å². The Morgan fingerprint density at radius 2 is 1.65 bits per heavy atom. The molecule has 0 aromatic heterocycles. The summed E-state index contributed by atoms with van der Waals surface area (Å²) < 4.78 is 44.4. The third-order valence-corrected chi connectivity index (χ3v) is 5.74. The maximum absolute atomic E-state index is 13.0. The number of piperidine rings is 1. The van der Waals surface area contributed by atoms with Crippen molar-refractivity contribution < 1.29 is 22.7 Å². The molecule has 2 rings (SSSR count). The van der Waals surface area contributed by atoms with Crippen LogP contribution in [0.2, 0.25) is 0 Å². The van der Waals surface area contributed by atoms with Gasteiger partial charge in [-0.25, -0.2) is 4.79 Å². The molecule has 0 saturated carbocycles. The Kier molecular flexibility index (Phi) is 8.85. The Labute approximate surface area is 184 Å². The van der Waals surface area contributed by atoms with Crippen LogP contribution in [0.4, 0.5) is 18.0 Å². The van der Waals surface area contributed by atoms with Crippen molar-refractivity contribution in [1.82, 2.24) is 20.0 Å². The highest BCUT2D eigenvalue weighted by molar-refractivity contribution is 5.80. The smallest absolute Gasteiger partial charge is 0.410 e. The van der Waals surface area contributed by atoms with Crippen molar-refractivity contribution in [3.63, 3.8) is 0 Å². The summed E-state index contributed by atoms with van der Waals surface area (Å²) in [5.74, 6) is 1.13. The lowest BCUT2D eigenvalue weighted by atomic mass is 9.97. The fourth-order valence-corrected chi connectivity index (χ4v) is 3.79. The first-order valence-corrected chi connectivity index (χ1v) is 11.2. The van der Waals surface area contributed by atoms with Crippen LogP contribution in [0.5, 0.6) is 0 Å². The van der Waals surface area contributed by atoms with Crippen LogP contribution in [0.25, 0.3) is 0 Å². The molecule has 0 aliphatic carbocycles. The van der Waals surface area contributed by atoms with Gasteiger partial charge in [-0.2, -0.15) is 13.2 Å². The van der Waals surface area contributed by atoms with E-state index in [0.717, 1.165) is 18.8 Å². The van der Waals surface area contributed by atoms with E-state index in [1.807, 2.05) is 32.6 Å². The molecule has 7 nitrogen and oxygen atoms in total. The van der Waals surface area contributed by atoms with Crippen LogP contribution in [0.15, 0.2) is 4.99 Å². The molecule has 2 saturated heterocycles. The minimum absolute atomic E-state index is 0.270. The predicted octanol–water partition coefficient (Wildman–Crippen LogP) is 3.17. The third kappa shape index (κ3) is 8.05. The Balaban J connectivity index is 1.84. The average Bonchev–Trinajstić information content (AvgIpc) is 2.69. The molecule has 0 bridgehead atoms. The number of aliphatic imine (C=N–C) groups is 1. The van der Waals surface area contributed by atoms with Crippen LogP contribution in [0.3, 0.4) is 0 Å². The summed E-state index contributed by atoms with van der Waals surface area (Å²) in [6, 6.07) is -1.43. The van der Waals surface area contributed by atoms with Crippen LogP contribution in [-0.2, 0) is 4.74 Å². The first-order chi connectivity index (χ1) is 14.4. The summed E-state index contributed by atoms with van der Waals surface area (Å²) in [5.41, 5.74) is -0.499. The molecule has 0 aromatic rings. The van der Waals surface area contributed by atoms with Crippen molar-refractivity contribution in [2.75, 3.05) is 52.4 Å². The quantitative estimate of drug-likeness (QED) is 0.528. The fraction of sp³-hybridized carbons (Fsp3) is 0.905. The first kappa shape index (κ1) is 25.5. The van der Waals surface area contributed by atoms with Gasteiger partial charge in [0.1, 0.15) is 11.6 Å². The third-order valence-electron chi connectivity index (χ3n) is 5.74. The summed E-state index contributed by atoms with van der Waals surface area (Å²) in [7, 11) is 0. The Hall–Kier alpha value is -1.71. The van der Waals surface area contributed by atoms with E-state index in [9.17, 15) is 18.0 Å². The number of hydrogen-bond acceptors (Lipinski definition) is 4. The van der Waals surface area contributed by atoms with E-state index in [0.29, 0.717) is 58.3 Å². The molecule has 1 N–H and O–H groups in total. The van der Waals surface area contributed by atoms with Crippen molar-refractivity contribution in [3.05, 3.63) is 0 Å². The maximum Gasteiger partial charge on any atom is 0.410 e. The van der Waals surface area contributed by atoms with E-state index in [4.69, 9.17) is 9.73 Å². The maximum atomic E-state index is 13.0. The molecule has 2 aliphatic rings. The molecule has 0 radical (unpaired) electrons. The van der Waals surface area contributed by atoms with Gasteiger partial charge in [0.15, 0.2) is 5.96 Å². The zero-order valence-corrected chi connectivity index (χ0v) is 19.5. The zero-order valence-electron chi connectivity index (χ0n) is 19.5. The number of nitrogens with zero attached hydrogens (tertiary/aromatic N) is 4. The molecular formula is C21H38F3N5O2. The second-order valence-corrected chi connectivity index (χ2v) is 9.35. The largest absolute Gasteiger partial charge is 0.444 e. The molecule has 0 aromatic carbocycles. The molecule has 2 aliphatic heterocycles. The van der Waals surface area contributed by atoms with Crippen LogP contribution in [-0.4, -0.2) is 96.9 Å². The highest BCUT2D eigenvalue weighted by Crippen LogP contribution is 2.25. The molecular weight excluding hydrogens is 411 g/mol. The number of amides is 1. The minimum Gasteiger partial charge on any atom is -0.444 e. The topological polar surface area (TPSA) is 60.4 Å². The van der Waals surface area contributed by atoms with Gasteiger partial charge in [0.05, 0.1) is 0 Å². The second-order valence-electron chi connectivity index (χ2n) is 9.35. The average molecular weight is 450 g/mol. The standard InChI is InChI=1S/C21H38F3N5O2/c1-6-25-18(28-13-11-27(12-14-28)16(2)21(22,23)24)26-15-17-7-9-29(10-8-17)19(30)31-20(3,4)5/h16-17H,6-15H2,1-5H3,(H,25,26). The molecule has 2 fully saturated rings. The number of guanidine groups is 1. The summed E-state index contributed by atoms with van der Waals surface area (Å²) in [4.78, 5) is 22.2. The highest BCUT2D eigenvalue weighted by atomic mass is 19.4. The molecule has 1 atom stereocenters. The lowest BCUT2D eigenvalue weighted by Gasteiger charge is -2.40. The number of carbonyl (C=O) groups is 1. The summed E-state index contributed by atoms with van der Waals surface area (Å²) in [6.45, 7) is 13.2. The Morgan fingerprint density at radius 1 is 1.06 bits per heavy atom. The highest BCUT2D eigenvalue weighted by Gasteiger charge is 2.41. The van der Waals surface area contributed by atoms with Crippen molar-refractivity contribution in [1.29, 1.82) is 0 Å². The number of hydrogen-bond donors (Lipinski definition) is 1. The fourth-order valence-electron chi connectivity index (χ4n) is 3.79. The first-order valence-electron chi connectivity index (χ1n) is 11.2. The number of alkyl halides is 3. The van der Waals surface area contributed by atoms with Gasteiger partial charge >= 0.3 is 12.3 Å². The van der Waals surface area contributed by atoms with Gasteiger partial charge in [0.25, 0.3) is 0 Å². The number of rotatable bonds is 4. The van der Waals surface area contributed by atoms with Gasteiger partial charge in [0.2, 0.25) is 0 Å². The van der Waals surface area contributed by atoms with Crippen molar-refractivity contribution >= 4 is 12.1 Å². The molecule has 180 valence electrons. The summed E-state index contributed by atoms with van der Waals surface area (Å²) >= 11 is 0. The monoisotopic (exact) mass is 449 g/mol. The SMILES string of the molecule is CCNC(=NCC1CCN(C(=O)OC(C)(C)C)CC1)N1CCN(C(C)C(F)(F)F)CC1. The molecule has 2 heterocycles. The summed E-state index contributed by atoms with van der Waals surface area (Å²) in [6.07, 6.45) is -2.75. The lowest BCUT2D eigenvalue weighted by Crippen LogP contribution is -2.56. The van der Waals surface area contributed by atoms with Gasteiger partial charge in [-0.3, -0.25) is 9.89 Å². The number of halogens is 3. The molecule has 0 spiro atoms. The Bertz CT molecular complexity index is 605. The number of carbonyl (C=O) groups excluding carboxylic acids is 1. The molecule has 31 heavy (non-hydrogen) atoms. The van der Waals surface area contributed by atoms with E-state index in [1.54, 1.807) is 4.90 Å². The number of ether oxygens (including phenoxy) is 1. The van der Waals surface area contributed by atoms with Crippen LogP contribution in [0, 0.1) is 5.92 Å². The van der Waals surface area contributed by atoms with Crippen molar-refractivity contribution in [3.8, 4) is 0 Å². The van der Waals surface area contributed by atoms with E-state index < -0.39 is 17.8 Å². The normalized spacial score (nSPS) is 21.2. The van der Waals surface area contributed by atoms with Crippen molar-refractivity contribution in [2.24, 2.45) is 10.9 Å². The van der Waals surface area contributed by atoms with Gasteiger partial charge in [-0.05, 0) is 53.4 Å². The lowest BCUT2D eigenvalue weighted by molar-refractivity contribution is -0.181. The molecule has 1 amide bonds. The van der Waals surface area contributed by atoms with Crippen molar-refractivity contribution in [2.45, 2.75) is 65.3 Å². The molecule has 10 heteroatoms. The van der Waals surface area contributed by atoms with Gasteiger partial charge in [-0.1, -0.05) is 0 Å². The van der Waals surface area contributed by atoms with Crippen LogP contribution in [0.1, 0.15) is 47.5 Å². The van der Waals surface area contributed by atoms with E-state index in [-0.39, 0.29) is 6.09 Å². The summed E-state index contributed by atoms with van der Waals surface area (Å²) in [5, 5.41) is 3.27. The van der Waals surface area contributed by atoms with Crippen LogP contribution >= 0.6 is 0 Å². The van der Waals surface area contributed by atoms with Gasteiger partial charge in [-0.15, -0.1) is 0 Å².